The average Bonchev–Trinajstić information content (AvgIpc) is 2.36. The maximum atomic E-state index is 9.06. The van der Waals surface area contributed by atoms with Crippen molar-refractivity contribution in [3.8, 4) is 6.07 Å². The molecule has 0 spiro atoms. The van der Waals surface area contributed by atoms with Gasteiger partial charge in [0.1, 0.15) is 0 Å². The van der Waals surface area contributed by atoms with E-state index in [4.69, 9.17) is 5.26 Å². The molecular weight excluding hydrogens is 208 g/mol. The fraction of sp³-hybridized carbons (Fsp3) is 0.533. The summed E-state index contributed by atoms with van der Waals surface area (Å²) in [6.07, 6.45) is 1.19. The van der Waals surface area contributed by atoms with Crippen LogP contribution in [0.2, 0.25) is 0 Å². The molecule has 92 valence electrons. The summed E-state index contributed by atoms with van der Waals surface area (Å²) in [5.74, 6) is 0.685. The van der Waals surface area contributed by atoms with E-state index in [1.807, 2.05) is 26.0 Å². The summed E-state index contributed by atoms with van der Waals surface area (Å²) >= 11 is 0. The molecule has 0 aromatic heterocycles. The number of hydrogen-bond acceptors (Lipinski definition) is 2. The number of nitrogens with zero attached hydrogens (tertiary/aromatic N) is 1. The van der Waals surface area contributed by atoms with Gasteiger partial charge < -0.3 is 5.32 Å². The van der Waals surface area contributed by atoms with E-state index < -0.39 is 5.41 Å². The monoisotopic (exact) mass is 230 g/mol. The molecule has 0 saturated heterocycles. The lowest BCUT2D eigenvalue weighted by atomic mass is 9.86. The van der Waals surface area contributed by atoms with Gasteiger partial charge in [0.05, 0.1) is 11.5 Å². The Hall–Kier alpha value is -1.49. The molecule has 1 aromatic carbocycles. The van der Waals surface area contributed by atoms with E-state index in [0.717, 1.165) is 17.8 Å². The highest BCUT2D eigenvalue weighted by Crippen LogP contribution is 2.23. The Morgan fingerprint density at radius 3 is 2.35 bits per heavy atom. The van der Waals surface area contributed by atoms with E-state index in [0.29, 0.717) is 5.92 Å². The van der Waals surface area contributed by atoms with E-state index in [-0.39, 0.29) is 0 Å². The van der Waals surface area contributed by atoms with Crippen LogP contribution >= 0.6 is 0 Å². The first-order valence-corrected chi connectivity index (χ1v) is 6.25. The van der Waals surface area contributed by atoms with Crippen molar-refractivity contribution in [2.24, 2.45) is 5.92 Å². The molecule has 0 heterocycles. The van der Waals surface area contributed by atoms with E-state index in [1.165, 1.54) is 6.42 Å². The third-order valence-corrected chi connectivity index (χ3v) is 3.24. The number of benzene rings is 1. The zero-order valence-electron chi connectivity index (χ0n) is 11.2. The molecule has 1 rings (SSSR count). The van der Waals surface area contributed by atoms with Crippen molar-refractivity contribution in [1.82, 2.24) is 0 Å². The fourth-order valence-electron chi connectivity index (χ4n) is 1.51. The molecule has 0 radical (unpaired) electrons. The second-order valence-corrected chi connectivity index (χ2v) is 5.21. The van der Waals surface area contributed by atoms with Crippen LogP contribution in [-0.4, -0.2) is 6.54 Å². The van der Waals surface area contributed by atoms with Crippen molar-refractivity contribution in [1.29, 1.82) is 5.26 Å². The second-order valence-electron chi connectivity index (χ2n) is 5.21. The molecule has 1 atom stereocenters. The molecule has 0 aliphatic heterocycles. The van der Waals surface area contributed by atoms with Gasteiger partial charge in [0.25, 0.3) is 0 Å². The van der Waals surface area contributed by atoms with Crippen LogP contribution in [0.3, 0.4) is 0 Å². The van der Waals surface area contributed by atoms with Gasteiger partial charge in [-0.1, -0.05) is 32.4 Å². The van der Waals surface area contributed by atoms with Crippen LogP contribution < -0.4 is 5.32 Å². The molecule has 1 N–H and O–H groups in total. The van der Waals surface area contributed by atoms with Gasteiger partial charge in [-0.3, -0.25) is 0 Å². The molecular formula is C15H22N2. The lowest BCUT2D eigenvalue weighted by Crippen LogP contribution is -2.14. The molecule has 1 aromatic rings. The van der Waals surface area contributed by atoms with Crippen LogP contribution in [0.1, 0.15) is 39.7 Å². The highest BCUT2D eigenvalue weighted by atomic mass is 14.9. The van der Waals surface area contributed by atoms with Crippen molar-refractivity contribution in [3.63, 3.8) is 0 Å². The molecule has 0 bridgehead atoms. The molecule has 0 amide bonds. The van der Waals surface area contributed by atoms with Crippen molar-refractivity contribution in [3.05, 3.63) is 29.8 Å². The largest absolute Gasteiger partial charge is 0.385 e. The molecule has 0 saturated carbocycles. The summed E-state index contributed by atoms with van der Waals surface area (Å²) in [5, 5.41) is 12.5. The zero-order chi connectivity index (χ0) is 12.9. The molecule has 0 aliphatic rings. The van der Waals surface area contributed by atoms with Crippen LogP contribution in [0.15, 0.2) is 24.3 Å². The van der Waals surface area contributed by atoms with Crippen molar-refractivity contribution in [2.45, 2.75) is 39.5 Å². The van der Waals surface area contributed by atoms with E-state index in [9.17, 15) is 0 Å². The summed E-state index contributed by atoms with van der Waals surface area (Å²) in [7, 11) is 0. The van der Waals surface area contributed by atoms with Gasteiger partial charge in [-0.25, -0.2) is 0 Å². The highest BCUT2D eigenvalue weighted by Gasteiger charge is 2.18. The minimum absolute atomic E-state index is 0.407. The van der Waals surface area contributed by atoms with E-state index >= 15 is 0 Å². The Labute approximate surface area is 105 Å². The molecule has 0 fully saturated rings. The maximum absolute atomic E-state index is 9.06. The lowest BCUT2D eigenvalue weighted by Gasteiger charge is -2.17. The Kier molecular flexibility index (Phi) is 4.57. The first kappa shape index (κ1) is 13.6. The third kappa shape index (κ3) is 3.78. The van der Waals surface area contributed by atoms with Crippen molar-refractivity contribution in [2.75, 3.05) is 11.9 Å². The van der Waals surface area contributed by atoms with Gasteiger partial charge in [0.15, 0.2) is 0 Å². The SMILES string of the molecule is CCC(C)CNc1ccc(C(C)(C)C#N)cc1. The van der Waals surface area contributed by atoms with Gasteiger partial charge in [-0.05, 0) is 37.5 Å². The Balaban J connectivity index is 2.66. The lowest BCUT2D eigenvalue weighted by molar-refractivity contribution is 0.593. The number of rotatable bonds is 5. The van der Waals surface area contributed by atoms with Gasteiger partial charge in [-0.2, -0.15) is 5.26 Å². The summed E-state index contributed by atoms with van der Waals surface area (Å²) in [6.45, 7) is 9.31. The predicted octanol–water partition coefficient (Wildman–Crippen LogP) is 3.95. The predicted molar refractivity (Wildman–Crippen MR) is 73.0 cm³/mol. The van der Waals surface area contributed by atoms with E-state index in [2.05, 4.69) is 37.4 Å². The number of hydrogen-bond donors (Lipinski definition) is 1. The molecule has 2 nitrogen and oxygen atoms in total. The Morgan fingerprint density at radius 1 is 1.29 bits per heavy atom. The van der Waals surface area contributed by atoms with Gasteiger partial charge >= 0.3 is 0 Å². The minimum atomic E-state index is -0.407. The van der Waals surface area contributed by atoms with E-state index in [1.54, 1.807) is 0 Å². The Bertz CT molecular complexity index is 384. The third-order valence-electron chi connectivity index (χ3n) is 3.24. The van der Waals surface area contributed by atoms with Crippen LogP contribution in [0.25, 0.3) is 0 Å². The molecule has 2 heteroatoms. The smallest absolute Gasteiger partial charge is 0.0766 e. The second kappa shape index (κ2) is 5.72. The molecule has 1 unspecified atom stereocenters. The fourth-order valence-corrected chi connectivity index (χ4v) is 1.51. The maximum Gasteiger partial charge on any atom is 0.0766 e. The summed E-state index contributed by atoms with van der Waals surface area (Å²) < 4.78 is 0. The van der Waals surface area contributed by atoms with Crippen LogP contribution in [0, 0.1) is 17.2 Å². The summed E-state index contributed by atoms with van der Waals surface area (Å²) in [4.78, 5) is 0. The topological polar surface area (TPSA) is 35.8 Å². The van der Waals surface area contributed by atoms with Crippen LogP contribution in [0.4, 0.5) is 5.69 Å². The minimum Gasteiger partial charge on any atom is -0.385 e. The first-order chi connectivity index (χ1) is 7.99. The van der Waals surface area contributed by atoms with Crippen molar-refractivity contribution < 1.29 is 0 Å². The summed E-state index contributed by atoms with van der Waals surface area (Å²) in [6, 6.07) is 10.5. The van der Waals surface area contributed by atoms with Gasteiger partial charge in [0, 0.05) is 12.2 Å². The number of nitrogens with one attached hydrogen (secondary N) is 1. The Morgan fingerprint density at radius 2 is 1.88 bits per heavy atom. The number of anilines is 1. The molecule has 0 aliphatic carbocycles. The van der Waals surface area contributed by atoms with Gasteiger partial charge in [-0.15, -0.1) is 0 Å². The van der Waals surface area contributed by atoms with Crippen LogP contribution in [-0.2, 0) is 5.41 Å². The standard InChI is InChI=1S/C15H22N2/c1-5-12(2)10-17-14-8-6-13(7-9-14)15(3,4)11-16/h6-9,12,17H,5,10H2,1-4H3. The van der Waals surface area contributed by atoms with Gasteiger partial charge in [0.2, 0.25) is 0 Å². The zero-order valence-corrected chi connectivity index (χ0v) is 11.2. The molecule has 17 heavy (non-hydrogen) atoms. The normalized spacial score (nSPS) is 12.9. The highest BCUT2D eigenvalue weighted by molar-refractivity contribution is 5.46. The quantitative estimate of drug-likeness (QED) is 0.831. The number of nitriles is 1. The summed E-state index contributed by atoms with van der Waals surface area (Å²) in [5.41, 5.74) is 1.78. The average molecular weight is 230 g/mol. The van der Waals surface area contributed by atoms with Crippen molar-refractivity contribution >= 4 is 5.69 Å². The van der Waals surface area contributed by atoms with Crippen LogP contribution in [0.5, 0.6) is 0 Å². The first-order valence-electron chi connectivity index (χ1n) is 6.25.